The zero-order valence-corrected chi connectivity index (χ0v) is 13.6. The molecule has 0 saturated heterocycles. The maximum absolute atomic E-state index is 12.3. The molecule has 0 unspecified atom stereocenters. The lowest BCUT2D eigenvalue weighted by molar-refractivity contribution is -0.117. The van der Waals surface area contributed by atoms with Crippen molar-refractivity contribution in [2.75, 3.05) is 5.32 Å². The minimum atomic E-state index is -0.124. The van der Waals surface area contributed by atoms with E-state index in [1.165, 1.54) is 0 Å². The first-order valence-electron chi connectivity index (χ1n) is 7.38. The quantitative estimate of drug-likeness (QED) is 0.914. The number of halogens is 1. The van der Waals surface area contributed by atoms with Crippen LogP contribution in [0.2, 0.25) is 5.02 Å². The first kappa shape index (κ1) is 15.1. The molecule has 1 aromatic heterocycles. The van der Waals surface area contributed by atoms with Crippen molar-refractivity contribution in [1.29, 1.82) is 0 Å². The predicted octanol–water partition coefficient (Wildman–Crippen LogP) is 4.37. The highest BCUT2D eigenvalue weighted by molar-refractivity contribution is 6.30. The number of hydrogen-bond donors (Lipinski definition) is 1. The van der Waals surface area contributed by atoms with E-state index in [9.17, 15) is 4.79 Å². The molecule has 22 heavy (non-hydrogen) atoms. The lowest BCUT2D eigenvalue weighted by Gasteiger charge is -2.12. The number of amides is 1. The summed E-state index contributed by atoms with van der Waals surface area (Å²) >= 11 is 5.88. The molecular weight excluding hydrogens is 300 g/mol. The molecule has 1 heterocycles. The first-order chi connectivity index (χ1) is 10.3. The largest absolute Gasteiger partial charge is 0.359 e. The average Bonchev–Trinajstić information content (AvgIpc) is 3.10. The highest BCUT2D eigenvalue weighted by Crippen LogP contribution is 2.48. The molecule has 0 bridgehead atoms. The van der Waals surface area contributed by atoms with Gasteiger partial charge in [-0.1, -0.05) is 49.7 Å². The van der Waals surface area contributed by atoms with Gasteiger partial charge in [0.1, 0.15) is 5.76 Å². The van der Waals surface area contributed by atoms with Gasteiger partial charge in [0, 0.05) is 22.4 Å². The van der Waals surface area contributed by atoms with Crippen molar-refractivity contribution in [2.24, 2.45) is 5.92 Å². The molecular formula is C17H19ClN2O2. The van der Waals surface area contributed by atoms with E-state index in [1.54, 1.807) is 6.07 Å². The Morgan fingerprint density at radius 1 is 1.32 bits per heavy atom. The molecule has 0 aliphatic heterocycles. The van der Waals surface area contributed by atoms with Crippen molar-refractivity contribution in [3.8, 4) is 0 Å². The summed E-state index contributed by atoms with van der Waals surface area (Å²) in [7, 11) is 0. The van der Waals surface area contributed by atoms with Gasteiger partial charge in [0.2, 0.25) is 5.91 Å². The molecule has 1 saturated carbocycles. The summed E-state index contributed by atoms with van der Waals surface area (Å²) in [6.45, 7) is 6.11. The molecule has 2 aromatic rings. The normalized spacial score (nSPS) is 20.7. The molecule has 1 aliphatic rings. The Kier molecular flexibility index (Phi) is 3.73. The number of rotatable bonds is 3. The second-order valence-corrected chi connectivity index (χ2v) is 7.25. The molecule has 1 fully saturated rings. The molecule has 3 rings (SSSR count). The van der Waals surface area contributed by atoms with Crippen LogP contribution >= 0.6 is 11.6 Å². The van der Waals surface area contributed by atoms with Crippen LogP contribution in [-0.4, -0.2) is 11.1 Å². The van der Waals surface area contributed by atoms with Crippen LogP contribution in [0.1, 0.15) is 44.4 Å². The van der Waals surface area contributed by atoms with E-state index in [0.29, 0.717) is 10.8 Å². The van der Waals surface area contributed by atoms with Crippen LogP contribution in [0.5, 0.6) is 0 Å². The molecule has 0 spiro atoms. The fourth-order valence-electron chi connectivity index (χ4n) is 2.47. The van der Waals surface area contributed by atoms with E-state index in [4.69, 9.17) is 16.1 Å². The van der Waals surface area contributed by atoms with Crippen molar-refractivity contribution in [1.82, 2.24) is 5.16 Å². The molecule has 1 amide bonds. The van der Waals surface area contributed by atoms with Crippen molar-refractivity contribution in [3.63, 3.8) is 0 Å². The molecule has 1 N–H and O–H groups in total. The van der Waals surface area contributed by atoms with Gasteiger partial charge in [-0.15, -0.1) is 0 Å². The van der Waals surface area contributed by atoms with E-state index in [-0.39, 0.29) is 23.2 Å². The smallest absolute Gasteiger partial charge is 0.229 e. The SMILES string of the molecule is CC(C)(C)c1cc(NC(=O)[C@@H]2C[C@@H]2c2ccc(Cl)cc2)no1. The number of nitrogens with one attached hydrogen (secondary N) is 1. The van der Waals surface area contributed by atoms with E-state index < -0.39 is 0 Å². The lowest BCUT2D eigenvalue weighted by atomic mass is 9.93. The minimum Gasteiger partial charge on any atom is -0.359 e. The van der Waals surface area contributed by atoms with Gasteiger partial charge in [-0.05, 0) is 30.0 Å². The molecule has 2 atom stereocenters. The van der Waals surface area contributed by atoms with Crippen LogP contribution in [0.15, 0.2) is 34.9 Å². The van der Waals surface area contributed by atoms with Gasteiger partial charge >= 0.3 is 0 Å². The number of benzene rings is 1. The summed E-state index contributed by atoms with van der Waals surface area (Å²) in [6, 6.07) is 9.47. The summed E-state index contributed by atoms with van der Waals surface area (Å²) in [6.07, 6.45) is 0.859. The van der Waals surface area contributed by atoms with Crippen LogP contribution in [-0.2, 0) is 10.2 Å². The van der Waals surface area contributed by atoms with Gasteiger partial charge in [0.15, 0.2) is 5.82 Å². The summed E-state index contributed by atoms with van der Waals surface area (Å²) in [5.74, 6) is 1.50. The maximum atomic E-state index is 12.3. The fourth-order valence-corrected chi connectivity index (χ4v) is 2.60. The number of carbonyl (C=O) groups excluding carboxylic acids is 1. The third-order valence-electron chi connectivity index (χ3n) is 3.93. The Hall–Kier alpha value is -1.81. The van der Waals surface area contributed by atoms with Crippen molar-refractivity contribution < 1.29 is 9.32 Å². The van der Waals surface area contributed by atoms with E-state index in [1.807, 2.05) is 45.0 Å². The molecule has 5 heteroatoms. The third kappa shape index (κ3) is 3.17. The van der Waals surface area contributed by atoms with Gasteiger partial charge in [-0.2, -0.15) is 0 Å². The van der Waals surface area contributed by atoms with Crippen LogP contribution in [0, 0.1) is 5.92 Å². The highest BCUT2D eigenvalue weighted by Gasteiger charge is 2.44. The zero-order chi connectivity index (χ0) is 15.9. The van der Waals surface area contributed by atoms with Crippen LogP contribution in [0.4, 0.5) is 5.82 Å². The van der Waals surface area contributed by atoms with Crippen molar-refractivity contribution >= 4 is 23.3 Å². The van der Waals surface area contributed by atoms with E-state index in [2.05, 4.69) is 10.5 Å². The average molecular weight is 319 g/mol. The number of aromatic nitrogens is 1. The van der Waals surface area contributed by atoms with Gasteiger partial charge in [-0.25, -0.2) is 0 Å². The van der Waals surface area contributed by atoms with E-state index >= 15 is 0 Å². The second kappa shape index (κ2) is 5.43. The Labute approximate surface area is 134 Å². The molecule has 1 aliphatic carbocycles. The topological polar surface area (TPSA) is 55.1 Å². The standard InChI is InChI=1S/C17H19ClN2O2/c1-17(2,3)14-9-15(20-22-14)19-16(21)13-8-12(13)10-4-6-11(18)7-5-10/h4-7,9,12-13H,8H2,1-3H3,(H,19,20,21)/t12-,13-/m1/s1. The Morgan fingerprint density at radius 3 is 2.59 bits per heavy atom. The minimum absolute atomic E-state index is 0.00374. The predicted molar refractivity (Wildman–Crippen MR) is 86.1 cm³/mol. The van der Waals surface area contributed by atoms with Crippen LogP contribution in [0.25, 0.3) is 0 Å². The summed E-state index contributed by atoms with van der Waals surface area (Å²) < 4.78 is 5.28. The lowest BCUT2D eigenvalue weighted by Crippen LogP contribution is -2.15. The second-order valence-electron chi connectivity index (χ2n) is 6.82. The van der Waals surface area contributed by atoms with Crippen molar-refractivity contribution in [2.45, 2.75) is 38.5 Å². The molecule has 1 aromatic carbocycles. The zero-order valence-electron chi connectivity index (χ0n) is 12.9. The Balaban J connectivity index is 1.62. The Bertz CT molecular complexity index is 685. The van der Waals surface area contributed by atoms with Crippen molar-refractivity contribution in [3.05, 3.63) is 46.7 Å². The highest BCUT2D eigenvalue weighted by atomic mass is 35.5. The molecule has 0 radical (unpaired) electrons. The van der Waals surface area contributed by atoms with Gasteiger partial charge < -0.3 is 9.84 Å². The first-order valence-corrected chi connectivity index (χ1v) is 7.76. The van der Waals surface area contributed by atoms with Gasteiger partial charge in [0.25, 0.3) is 0 Å². The van der Waals surface area contributed by atoms with E-state index in [0.717, 1.165) is 17.7 Å². The fraction of sp³-hybridized carbons (Fsp3) is 0.412. The number of nitrogens with zero attached hydrogens (tertiary/aromatic N) is 1. The van der Waals surface area contributed by atoms with Gasteiger partial charge in [-0.3, -0.25) is 4.79 Å². The molecule has 116 valence electrons. The summed E-state index contributed by atoms with van der Waals surface area (Å²) in [5, 5.41) is 7.47. The third-order valence-corrected chi connectivity index (χ3v) is 4.18. The summed E-state index contributed by atoms with van der Waals surface area (Å²) in [5.41, 5.74) is 1.03. The maximum Gasteiger partial charge on any atom is 0.229 e. The number of hydrogen-bond acceptors (Lipinski definition) is 3. The monoisotopic (exact) mass is 318 g/mol. The molecule has 4 nitrogen and oxygen atoms in total. The number of carbonyl (C=O) groups is 1. The Morgan fingerprint density at radius 2 is 2.00 bits per heavy atom. The summed E-state index contributed by atoms with van der Waals surface area (Å²) in [4.78, 5) is 12.3. The van der Waals surface area contributed by atoms with Crippen LogP contribution in [0.3, 0.4) is 0 Å². The number of anilines is 1. The van der Waals surface area contributed by atoms with Crippen LogP contribution < -0.4 is 5.32 Å². The van der Waals surface area contributed by atoms with Gasteiger partial charge in [0.05, 0.1) is 0 Å².